The normalized spacial score (nSPS) is 16.2. The van der Waals surface area contributed by atoms with Crippen LogP contribution in [0.4, 0.5) is 0 Å². The minimum absolute atomic E-state index is 0.141. The molecule has 0 atom stereocenters. The summed E-state index contributed by atoms with van der Waals surface area (Å²) in [7, 11) is 1.60. The number of ketones is 1. The summed E-state index contributed by atoms with van der Waals surface area (Å²) in [5.74, 6) is 2.11. The van der Waals surface area contributed by atoms with Crippen LogP contribution >= 0.6 is 23.2 Å². The van der Waals surface area contributed by atoms with E-state index in [2.05, 4.69) is 4.90 Å². The lowest BCUT2D eigenvalue weighted by molar-refractivity contribution is 0.0872. The molecule has 5 rings (SSSR count). The minimum Gasteiger partial charge on any atom is -0.496 e. The summed E-state index contributed by atoms with van der Waals surface area (Å²) in [6, 6.07) is 15.0. The summed E-state index contributed by atoms with van der Waals surface area (Å²) >= 11 is 12.2. The fourth-order valence-electron chi connectivity index (χ4n) is 4.20. The van der Waals surface area contributed by atoms with E-state index in [9.17, 15) is 4.79 Å². The molecule has 2 aliphatic rings. The summed E-state index contributed by atoms with van der Waals surface area (Å²) in [6.45, 7) is 3.52. The largest absolute Gasteiger partial charge is 0.496 e. The standard InChI is InChI=1S/C26H21Cl2NO4/c1-15-9-22-18(13-29(14-32-22)12-16-7-8-19(27)20(28)10-16)26-24(15)25(30)23(33-26)11-17-5-3-4-6-21(17)31-2/h3-11H,12-14H2,1-2H3/b23-11-. The summed E-state index contributed by atoms with van der Waals surface area (Å²) < 4.78 is 17.6. The molecule has 0 amide bonds. The van der Waals surface area contributed by atoms with Crippen molar-refractivity contribution < 1.29 is 19.0 Å². The van der Waals surface area contributed by atoms with Gasteiger partial charge < -0.3 is 14.2 Å². The Balaban J connectivity index is 1.46. The maximum absolute atomic E-state index is 13.2. The lowest BCUT2D eigenvalue weighted by Crippen LogP contribution is -2.31. The zero-order valence-electron chi connectivity index (χ0n) is 18.2. The first kappa shape index (κ1) is 21.8. The number of aryl methyl sites for hydroxylation is 1. The zero-order chi connectivity index (χ0) is 23.1. The zero-order valence-corrected chi connectivity index (χ0v) is 19.7. The van der Waals surface area contributed by atoms with E-state index in [-0.39, 0.29) is 11.5 Å². The van der Waals surface area contributed by atoms with Gasteiger partial charge in [-0.25, -0.2) is 0 Å². The molecule has 7 heteroatoms. The van der Waals surface area contributed by atoms with Crippen molar-refractivity contribution in [1.29, 1.82) is 0 Å². The third-order valence-electron chi connectivity index (χ3n) is 5.80. The highest BCUT2D eigenvalue weighted by Gasteiger charge is 2.35. The summed E-state index contributed by atoms with van der Waals surface area (Å²) in [5.41, 5.74) is 4.07. The molecule has 2 heterocycles. The predicted octanol–water partition coefficient (Wildman–Crippen LogP) is 6.28. The fraction of sp³-hybridized carbons (Fsp3) is 0.192. The number of allylic oxidation sites excluding steroid dienone is 1. The van der Waals surface area contributed by atoms with Gasteiger partial charge in [-0.1, -0.05) is 47.5 Å². The Morgan fingerprint density at radius 3 is 2.73 bits per heavy atom. The molecule has 2 aliphatic heterocycles. The lowest BCUT2D eigenvalue weighted by atomic mass is 9.98. The van der Waals surface area contributed by atoms with Crippen LogP contribution in [-0.4, -0.2) is 24.5 Å². The van der Waals surface area contributed by atoms with E-state index >= 15 is 0 Å². The highest BCUT2D eigenvalue weighted by Crippen LogP contribution is 2.44. The number of hydrogen-bond acceptors (Lipinski definition) is 5. The first-order valence-corrected chi connectivity index (χ1v) is 11.2. The number of methoxy groups -OCH3 is 1. The number of carbonyl (C=O) groups excluding carboxylic acids is 1. The smallest absolute Gasteiger partial charge is 0.232 e. The van der Waals surface area contributed by atoms with Crippen molar-refractivity contribution in [1.82, 2.24) is 4.90 Å². The van der Waals surface area contributed by atoms with Crippen LogP contribution in [-0.2, 0) is 13.1 Å². The predicted molar refractivity (Wildman–Crippen MR) is 128 cm³/mol. The molecule has 33 heavy (non-hydrogen) atoms. The molecule has 0 spiro atoms. The van der Waals surface area contributed by atoms with E-state index < -0.39 is 0 Å². The molecule has 0 aliphatic carbocycles. The highest BCUT2D eigenvalue weighted by molar-refractivity contribution is 6.42. The number of hydrogen-bond donors (Lipinski definition) is 0. The Hall–Kier alpha value is -2.99. The lowest BCUT2D eigenvalue weighted by Gasteiger charge is -2.30. The van der Waals surface area contributed by atoms with Crippen molar-refractivity contribution in [2.75, 3.05) is 13.8 Å². The molecule has 0 saturated heterocycles. The van der Waals surface area contributed by atoms with E-state index in [1.807, 2.05) is 49.4 Å². The van der Waals surface area contributed by atoms with Gasteiger partial charge >= 0.3 is 0 Å². The van der Waals surface area contributed by atoms with Crippen molar-refractivity contribution in [2.24, 2.45) is 0 Å². The monoisotopic (exact) mass is 481 g/mol. The minimum atomic E-state index is -0.141. The van der Waals surface area contributed by atoms with E-state index in [0.29, 0.717) is 46.9 Å². The maximum Gasteiger partial charge on any atom is 0.232 e. The van der Waals surface area contributed by atoms with E-state index in [1.54, 1.807) is 19.3 Å². The van der Waals surface area contributed by atoms with Crippen LogP contribution in [0.1, 0.15) is 32.6 Å². The van der Waals surface area contributed by atoms with Crippen LogP contribution in [0.15, 0.2) is 54.3 Å². The summed E-state index contributed by atoms with van der Waals surface area (Å²) in [4.78, 5) is 15.4. The molecule has 0 radical (unpaired) electrons. The highest BCUT2D eigenvalue weighted by atomic mass is 35.5. The van der Waals surface area contributed by atoms with Gasteiger partial charge in [-0.15, -0.1) is 0 Å². The van der Waals surface area contributed by atoms with Gasteiger partial charge in [0.15, 0.2) is 5.76 Å². The molecule has 168 valence electrons. The number of para-hydroxylation sites is 1. The molecule has 0 N–H and O–H groups in total. The van der Waals surface area contributed by atoms with Crippen LogP contribution in [0.3, 0.4) is 0 Å². The van der Waals surface area contributed by atoms with Gasteiger partial charge in [-0.3, -0.25) is 9.69 Å². The van der Waals surface area contributed by atoms with Gasteiger partial charge in [0.05, 0.1) is 28.3 Å². The topological polar surface area (TPSA) is 48.0 Å². The Kier molecular flexibility index (Phi) is 5.79. The quantitative estimate of drug-likeness (QED) is 0.410. The maximum atomic E-state index is 13.2. The average Bonchev–Trinajstić information content (AvgIpc) is 3.14. The van der Waals surface area contributed by atoms with Crippen LogP contribution in [0.5, 0.6) is 17.2 Å². The van der Waals surface area contributed by atoms with Crippen molar-refractivity contribution in [3.05, 3.63) is 92.2 Å². The molecule has 0 fully saturated rings. The van der Waals surface area contributed by atoms with Gasteiger partial charge in [0.1, 0.15) is 24.0 Å². The Morgan fingerprint density at radius 1 is 1.12 bits per heavy atom. The van der Waals surface area contributed by atoms with Crippen molar-refractivity contribution >= 4 is 35.1 Å². The molecule has 0 aromatic heterocycles. The van der Waals surface area contributed by atoms with Crippen molar-refractivity contribution in [3.63, 3.8) is 0 Å². The second-order valence-corrected chi connectivity index (χ2v) is 8.88. The fourth-order valence-corrected chi connectivity index (χ4v) is 4.52. The number of Topliss-reactive ketones (excluding diaryl/α,β-unsaturated/α-hetero) is 1. The molecule has 3 aromatic carbocycles. The van der Waals surface area contributed by atoms with Crippen LogP contribution in [0.25, 0.3) is 6.08 Å². The van der Waals surface area contributed by atoms with Crippen LogP contribution in [0.2, 0.25) is 10.0 Å². The Morgan fingerprint density at radius 2 is 1.94 bits per heavy atom. The van der Waals surface area contributed by atoms with Gasteiger partial charge in [0.2, 0.25) is 5.78 Å². The average molecular weight is 482 g/mol. The second kappa shape index (κ2) is 8.75. The van der Waals surface area contributed by atoms with Gasteiger partial charge in [0.25, 0.3) is 0 Å². The third-order valence-corrected chi connectivity index (χ3v) is 6.54. The number of ether oxygens (including phenoxy) is 3. The Labute approximate surface area is 202 Å². The van der Waals surface area contributed by atoms with Gasteiger partial charge in [0, 0.05) is 18.7 Å². The third kappa shape index (κ3) is 4.08. The van der Waals surface area contributed by atoms with E-state index in [4.69, 9.17) is 37.4 Å². The molecular formula is C26H21Cl2NO4. The molecule has 3 aromatic rings. The summed E-state index contributed by atoms with van der Waals surface area (Å²) in [6.07, 6.45) is 1.73. The first-order valence-electron chi connectivity index (χ1n) is 10.5. The number of rotatable bonds is 4. The van der Waals surface area contributed by atoms with Crippen LogP contribution < -0.4 is 14.2 Å². The van der Waals surface area contributed by atoms with E-state index in [0.717, 1.165) is 28.0 Å². The number of carbonyl (C=O) groups is 1. The number of nitrogens with zero attached hydrogens (tertiary/aromatic N) is 1. The SMILES string of the molecule is COc1ccccc1/C=C1\Oc2c3c(cc(C)c2C1=O)OCN(Cc1ccc(Cl)c(Cl)c1)C3. The second-order valence-electron chi connectivity index (χ2n) is 8.06. The number of halogens is 2. The van der Waals surface area contributed by atoms with Crippen LogP contribution in [0, 0.1) is 6.92 Å². The molecule has 0 unspecified atom stereocenters. The number of fused-ring (bicyclic) bond motifs is 3. The molecular weight excluding hydrogens is 461 g/mol. The molecule has 0 saturated carbocycles. The Bertz CT molecular complexity index is 1300. The summed E-state index contributed by atoms with van der Waals surface area (Å²) in [5, 5.41) is 1.04. The van der Waals surface area contributed by atoms with E-state index in [1.165, 1.54) is 0 Å². The van der Waals surface area contributed by atoms with Crippen molar-refractivity contribution in [2.45, 2.75) is 20.0 Å². The van der Waals surface area contributed by atoms with Crippen molar-refractivity contribution in [3.8, 4) is 17.2 Å². The molecule has 0 bridgehead atoms. The first-order chi connectivity index (χ1) is 15.9. The molecule has 5 nitrogen and oxygen atoms in total. The van der Waals surface area contributed by atoms with Gasteiger partial charge in [-0.05, 0) is 48.4 Å². The number of benzene rings is 3. The van der Waals surface area contributed by atoms with Gasteiger partial charge in [-0.2, -0.15) is 0 Å².